The lowest BCUT2D eigenvalue weighted by Gasteiger charge is -2.28. The summed E-state index contributed by atoms with van der Waals surface area (Å²) in [6.45, 7) is -0.281. The first-order chi connectivity index (χ1) is 15.9. The molecule has 3 heterocycles. The van der Waals surface area contributed by atoms with Gasteiger partial charge in [-0.2, -0.15) is 5.10 Å². The molecule has 0 aliphatic carbocycles. The summed E-state index contributed by atoms with van der Waals surface area (Å²) in [7, 11) is 0. The number of aliphatic hydroxyl groups excluding tert-OH is 3. The Morgan fingerprint density at radius 3 is 2.64 bits per heavy atom. The number of aromatic nitrogens is 1. The van der Waals surface area contributed by atoms with Gasteiger partial charge in [-0.1, -0.05) is 0 Å². The minimum absolute atomic E-state index is 0.143. The number of hydrogen-bond donors (Lipinski definition) is 3. The molecule has 11 nitrogen and oxygen atoms in total. The molecule has 3 N–H and O–H groups in total. The number of aliphatic hydroxyl groups is 3. The fourth-order valence-electron chi connectivity index (χ4n) is 3.48. The molecule has 0 radical (unpaired) electrons. The molecular weight excluding hydrogens is 437 g/mol. The van der Waals surface area contributed by atoms with Crippen LogP contribution in [0.25, 0.3) is 11.1 Å². The fraction of sp³-hybridized carbons (Fsp3) is 0.333. The molecule has 2 unspecified atom stereocenters. The van der Waals surface area contributed by atoms with E-state index in [-0.39, 0.29) is 19.7 Å². The average Bonchev–Trinajstić information content (AvgIpc) is 3.24. The van der Waals surface area contributed by atoms with Gasteiger partial charge in [0.25, 0.3) is 5.91 Å². The number of anilines is 2. The minimum Gasteiger partial charge on any atom is -0.441 e. The molecule has 2 aliphatic heterocycles. The lowest BCUT2D eigenvalue weighted by molar-refractivity contribution is -0.142. The molecule has 1 fully saturated rings. The third-order valence-corrected chi connectivity index (χ3v) is 5.29. The van der Waals surface area contributed by atoms with E-state index in [0.29, 0.717) is 29.2 Å². The number of cyclic esters (lactones) is 1. The molecule has 2 aromatic rings. The van der Waals surface area contributed by atoms with E-state index in [2.05, 4.69) is 10.1 Å². The summed E-state index contributed by atoms with van der Waals surface area (Å²) in [5, 5.41) is 32.5. The van der Waals surface area contributed by atoms with Crippen LogP contribution in [-0.2, 0) is 9.53 Å². The number of rotatable bonds is 6. The van der Waals surface area contributed by atoms with Gasteiger partial charge in [0.15, 0.2) is 6.10 Å². The van der Waals surface area contributed by atoms with E-state index in [1.165, 1.54) is 23.5 Å². The first-order valence-electron chi connectivity index (χ1n) is 10.2. The highest BCUT2D eigenvalue weighted by atomic mass is 19.1. The Kier molecular flexibility index (Phi) is 6.49. The maximum atomic E-state index is 14.8. The summed E-state index contributed by atoms with van der Waals surface area (Å²) in [5.41, 5.74) is 1.15. The minimum atomic E-state index is -1.51. The van der Waals surface area contributed by atoms with Crippen molar-refractivity contribution >= 4 is 29.8 Å². The van der Waals surface area contributed by atoms with Crippen molar-refractivity contribution in [1.29, 1.82) is 0 Å². The lowest BCUT2D eigenvalue weighted by atomic mass is 10.1. The highest BCUT2D eigenvalue weighted by Gasteiger charge is 2.32. The Labute approximate surface area is 187 Å². The van der Waals surface area contributed by atoms with Crippen LogP contribution in [0.2, 0.25) is 0 Å². The zero-order chi connectivity index (χ0) is 23.5. The standard InChI is InChI=1S/C21H22FN5O6/c22-17-7-14(26-9-15(10-28)33-21(26)32)2-3-16(17)13-1-4-19(23-8-13)25-5-6-27(24-12-25)20(31)18(30)11-29/h1-4,7-8,12,15,18,28-30H,5-6,9-11H2. The van der Waals surface area contributed by atoms with Crippen LogP contribution in [0.4, 0.5) is 20.7 Å². The summed E-state index contributed by atoms with van der Waals surface area (Å²) in [6, 6.07) is 7.73. The molecule has 1 aromatic heterocycles. The highest BCUT2D eigenvalue weighted by molar-refractivity contribution is 5.90. The SMILES string of the molecule is O=C(C(O)CO)N1CCN(c2ccc(-c3ccc(N4CC(CO)OC4=O)cc3F)cn2)C=N1. The van der Waals surface area contributed by atoms with Crippen molar-refractivity contribution in [2.24, 2.45) is 5.10 Å². The van der Waals surface area contributed by atoms with Crippen molar-refractivity contribution in [2.75, 3.05) is 42.6 Å². The van der Waals surface area contributed by atoms with Crippen LogP contribution in [0.3, 0.4) is 0 Å². The molecule has 2 atom stereocenters. The Bertz CT molecular complexity index is 1070. The van der Waals surface area contributed by atoms with Crippen LogP contribution >= 0.6 is 0 Å². The highest BCUT2D eigenvalue weighted by Crippen LogP contribution is 2.29. The van der Waals surface area contributed by atoms with Gasteiger partial charge in [-0.15, -0.1) is 0 Å². The van der Waals surface area contributed by atoms with Crippen LogP contribution in [0.5, 0.6) is 0 Å². The molecule has 0 spiro atoms. The van der Waals surface area contributed by atoms with Gasteiger partial charge in [-0.3, -0.25) is 9.69 Å². The van der Waals surface area contributed by atoms with Crippen molar-refractivity contribution in [1.82, 2.24) is 9.99 Å². The van der Waals surface area contributed by atoms with Crippen LogP contribution in [0, 0.1) is 5.82 Å². The zero-order valence-electron chi connectivity index (χ0n) is 17.4. The number of carbonyl (C=O) groups excluding carboxylic acids is 2. The molecule has 1 aromatic carbocycles. The van der Waals surface area contributed by atoms with Gasteiger partial charge in [-0.25, -0.2) is 19.2 Å². The summed E-state index contributed by atoms with van der Waals surface area (Å²) in [5.74, 6) is -0.702. The molecule has 2 amide bonds. The topological polar surface area (TPSA) is 139 Å². The second-order valence-corrected chi connectivity index (χ2v) is 7.45. The lowest BCUT2D eigenvalue weighted by Crippen LogP contribution is -2.45. The number of ether oxygens (including phenoxy) is 1. The predicted octanol–water partition coefficient (Wildman–Crippen LogP) is 0.150. The van der Waals surface area contributed by atoms with Crippen molar-refractivity contribution in [2.45, 2.75) is 12.2 Å². The van der Waals surface area contributed by atoms with Gasteiger partial charge < -0.3 is 25.0 Å². The van der Waals surface area contributed by atoms with Gasteiger partial charge in [0.2, 0.25) is 0 Å². The number of halogens is 1. The van der Waals surface area contributed by atoms with E-state index >= 15 is 0 Å². The van der Waals surface area contributed by atoms with Crippen molar-refractivity contribution in [3.8, 4) is 11.1 Å². The molecule has 0 bridgehead atoms. The van der Waals surface area contributed by atoms with E-state index in [0.717, 1.165) is 5.01 Å². The fourth-order valence-corrected chi connectivity index (χ4v) is 3.48. The van der Waals surface area contributed by atoms with Gasteiger partial charge in [0, 0.05) is 23.9 Å². The summed E-state index contributed by atoms with van der Waals surface area (Å²) in [6.07, 6.45) is 0.0964. The number of hydrogen-bond acceptors (Lipinski definition) is 9. The van der Waals surface area contributed by atoms with E-state index < -0.39 is 36.6 Å². The van der Waals surface area contributed by atoms with Crippen molar-refractivity contribution in [3.63, 3.8) is 0 Å². The third kappa shape index (κ3) is 4.62. The van der Waals surface area contributed by atoms with Crippen LogP contribution < -0.4 is 9.80 Å². The maximum absolute atomic E-state index is 14.8. The van der Waals surface area contributed by atoms with E-state index in [4.69, 9.17) is 14.9 Å². The smallest absolute Gasteiger partial charge is 0.414 e. The molecule has 33 heavy (non-hydrogen) atoms. The molecule has 0 saturated carbocycles. The number of pyridine rings is 1. The second kappa shape index (κ2) is 9.48. The quantitative estimate of drug-likeness (QED) is 0.555. The van der Waals surface area contributed by atoms with E-state index in [1.807, 2.05) is 0 Å². The molecule has 4 rings (SSSR count). The predicted molar refractivity (Wildman–Crippen MR) is 115 cm³/mol. The monoisotopic (exact) mass is 459 g/mol. The number of carbonyl (C=O) groups is 2. The summed E-state index contributed by atoms with van der Waals surface area (Å²) >= 11 is 0. The van der Waals surface area contributed by atoms with Crippen LogP contribution in [0.1, 0.15) is 0 Å². The summed E-state index contributed by atoms with van der Waals surface area (Å²) in [4.78, 5) is 31.0. The van der Waals surface area contributed by atoms with Gasteiger partial charge in [-0.05, 0) is 30.3 Å². The molecule has 12 heteroatoms. The zero-order valence-corrected chi connectivity index (χ0v) is 17.4. The van der Waals surface area contributed by atoms with Crippen LogP contribution in [0.15, 0.2) is 41.6 Å². The third-order valence-electron chi connectivity index (χ3n) is 5.29. The Morgan fingerprint density at radius 1 is 1.24 bits per heavy atom. The van der Waals surface area contributed by atoms with E-state index in [1.54, 1.807) is 29.2 Å². The Morgan fingerprint density at radius 2 is 2.06 bits per heavy atom. The van der Waals surface area contributed by atoms with E-state index in [9.17, 15) is 19.1 Å². The number of nitrogens with zero attached hydrogens (tertiary/aromatic N) is 5. The number of amides is 2. The molecule has 2 aliphatic rings. The largest absolute Gasteiger partial charge is 0.441 e. The maximum Gasteiger partial charge on any atom is 0.414 e. The normalized spacial score (nSPS) is 19.1. The summed E-state index contributed by atoms with van der Waals surface area (Å²) < 4.78 is 19.8. The average molecular weight is 459 g/mol. The van der Waals surface area contributed by atoms with Gasteiger partial charge >= 0.3 is 6.09 Å². The van der Waals surface area contributed by atoms with Crippen molar-refractivity contribution in [3.05, 3.63) is 42.3 Å². The number of benzene rings is 1. The first-order valence-corrected chi connectivity index (χ1v) is 10.2. The Hall–Kier alpha value is -3.61. The second-order valence-electron chi connectivity index (χ2n) is 7.45. The van der Waals surface area contributed by atoms with Gasteiger partial charge in [0.1, 0.15) is 24.1 Å². The number of hydrazone groups is 1. The molecular formula is C21H22FN5O6. The van der Waals surface area contributed by atoms with Crippen LogP contribution in [-0.4, -0.2) is 88.7 Å². The van der Waals surface area contributed by atoms with Crippen molar-refractivity contribution < 1.29 is 34.0 Å². The van der Waals surface area contributed by atoms with Gasteiger partial charge in [0.05, 0.1) is 32.0 Å². The first kappa shape index (κ1) is 22.6. The molecule has 174 valence electrons. The molecule has 1 saturated heterocycles. The Balaban J connectivity index is 1.46.